The number of rotatable bonds is 3. The van der Waals surface area contributed by atoms with Crippen LogP contribution in [0.2, 0.25) is 0 Å². The van der Waals surface area contributed by atoms with E-state index in [2.05, 4.69) is 27.4 Å². The number of aliphatic hydroxyl groups is 5. The van der Waals surface area contributed by atoms with Crippen molar-refractivity contribution >= 4 is 0 Å². The smallest absolute Gasteiger partial charge is 0.186 e. The Morgan fingerprint density at radius 3 is 2.36 bits per heavy atom. The predicted octanol–water partition coefficient (Wildman–Crippen LogP) is 1.74. The predicted molar refractivity (Wildman–Crippen MR) is 121 cm³/mol. The fraction of sp³-hybridized carbons (Fsp3) is 0.923. The van der Waals surface area contributed by atoms with E-state index in [0.717, 1.165) is 50.5 Å². The first kappa shape index (κ1) is 24.2. The Morgan fingerprint density at radius 1 is 0.939 bits per heavy atom. The molecule has 7 nitrogen and oxygen atoms in total. The summed E-state index contributed by atoms with van der Waals surface area (Å²) in [5.41, 5.74) is 0.913. The zero-order chi connectivity index (χ0) is 23.9. The highest BCUT2D eigenvalue weighted by atomic mass is 16.7. The van der Waals surface area contributed by atoms with Crippen molar-refractivity contribution in [3.05, 3.63) is 12.2 Å². The van der Waals surface area contributed by atoms with Crippen molar-refractivity contribution in [1.29, 1.82) is 0 Å². The Balaban J connectivity index is 1.41. The summed E-state index contributed by atoms with van der Waals surface area (Å²) in [6.07, 6.45) is 0.0520. The van der Waals surface area contributed by atoms with Crippen LogP contribution in [0.15, 0.2) is 12.2 Å². The van der Waals surface area contributed by atoms with Crippen LogP contribution in [0.1, 0.15) is 65.7 Å². The van der Waals surface area contributed by atoms with Gasteiger partial charge in [-0.1, -0.05) is 27.4 Å². The zero-order valence-electron chi connectivity index (χ0n) is 20.2. The minimum atomic E-state index is -1.44. The van der Waals surface area contributed by atoms with Gasteiger partial charge in [-0.3, -0.25) is 0 Å². The topological polar surface area (TPSA) is 120 Å². The highest BCUT2D eigenvalue weighted by molar-refractivity contribution is 5.27. The minimum absolute atomic E-state index is 0.00478. The first-order chi connectivity index (χ1) is 15.4. The van der Waals surface area contributed by atoms with E-state index in [-0.39, 0.29) is 22.3 Å². The van der Waals surface area contributed by atoms with Gasteiger partial charge in [0.15, 0.2) is 6.29 Å². The standard InChI is InChI=1S/C26H42O7/c1-13-14-5-6-18-25(4)11-15(32-23-21(30)20(29)19(28)16(12-27)33-23)10-24(2,3)17(25)7-8-26(18,9-14)22(13)31/h14-23,27-31H,1,5-12H2,2-4H3. The van der Waals surface area contributed by atoms with Crippen molar-refractivity contribution in [2.45, 2.75) is 109 Å². The summed E-state index contributed by atoms with van der Waals surface area (Å²) in [5, 5.41) is 51.7. The first-order valence-electron chi connectivity index (χ1n) is 12.8. The van der Waals surface area contributed by atoms with Crippen LogP contribution in [0.5, 0.6) is 0 Å². The summed E-state index contributed by atoms with van der Waals surface area (Å²) < 4.78 is 12.0. The molecule has 1 spiro atoms. The largest absolute Gasteiger partial charge is 0.394 e. The lowest BCUT2D eigenvalue weighted by atomic mass is 9.40. The van der Waals surface area contributed by atoms with E-state index in [1.54, 1.807) is 0 Å². The highest BCUT2D eigenvalue weighted by Crippen LogP contribution is 2.72. The van der Waals surface area contributed by atoms with Crippen molar-refractivity contribution in [2.75, 3.05) is 6.61 Å². The summed E-state index contributed by atoms with van der Waals surface area (Å²) in [5.74, 6) is 1.33. The zero-order valence-corrected chi connectivity index (χ0v) is 20.2. The molecule has 7 heteroatoms. The summed E-state index contributed by atoms with van der Waals surface area (Å²) in [6, 6.07) is 0. The molecule has 12 atom stereocenters. The number of ether oxygens (including phenoxy) is 2. The molecule has 188 valence electrons. The molecule has 1 aliphatic heterocycles. The van der Waals surface area contributed by atoms with Gasteiger partial charge in [0.05, 0.1) is 18.8 Å². The van der Waals surface area contributed by atoms with E-state index in [0.29, 0.717) is 17.8 Å². The fourth-order valence-corrected chi connectivity index (χ4v) is 9.28. The quantitative estimate of drug-likeness (QED) is 0.317. The Kier molecular flexibility index (Phi) is 5.85. The van der Waals surface area contributed by atoms with Crippen molar-refractivity contribution in [2.24, 2.45) is 34.0 Å². The molecule has 5 rings (SSSR count). The molecule has 0 aromatic heterocycles. The second-order valence-electron chi connectivity index (χ2n) is 12.7. The Labute approximate surface area is 196 Å². The Morgan fingerprint density at radius 2 is 1.67 bits per heavy atom. The maximum atomic E-state index is 11.3. The van der Waals surface area contributed by atoms with Crippen molar-refractivity contribution in [3.63, 3.8) is 0 Å². The van der Waals surface area contributed by atoms with E-state index >= 15 is 0 Å². The molecule has 33 heavy (non-hydrogen) atoms. The average Bonchev–Trinajstić information content (AvgIpc) is 2.93. The molecule has 0 aromatic rings. The van der Waals surface area contributed by atoms with E-state index in [1.807, 2.05) is 0 Å². The Bertz CT molecular complexity index is 783. The Hall–Kier alpha value is -0.540. The summed E-state index contributed by atoms with van der Waals surface area (Å²) in [6.45, 7) is 10.8. The average molecular weight is 467 g/mol. The van der Waals surface area contributed by atoms with Crippen LogP contribution in [0.25, 0.3) is 0 Å². The van der Waals surface area contributed by atoms with Gasteiger partial charge in [0.2, 0.25) is 0 Å². The van der Waals surface area contributed by atoms with E-state index in [1.165, 1.54) is 0 Å². The van der Waals surface area contributed by atoms with Gasteiger partial charge in [0.25, 0.3) is 0 Å². The van der Waals surface area contributed by atoms with Crippen molar-refractivity contribution < 1.29 is 35.0 Å². The third-order valence-electron chi connectivity index (χ3n) is 10.6. The van der Waals surface area contributed by atoms with Crippen LogP contribution in [-0.4, -0.2) is 75.1 Å². The van der Waals surface area contributed by atoms with Gasteiger partial charge < -0.3 is 35.0 Å². The molecule has 2 bridgehead atoms. The molecule has 4 aliphatic carbocycles. The molecule has 5 N–H and O–H groups in total. The van der Waals surface area contributed by atoms with Gasteiger partial charge in [-0.05, 0) is 79.1 Å². The minimum Gasteiger partial charge on any atom is -0.394 e. The fourth-order valence-electron chi connectivity index (χ4n) is 9.28. The lowest BCUT2D eigenvalue weighted by Crippen LogP contribution is -2.62. The molecule has 12 unspecified atom stereocenters. The monoisotopic (exact) mass is 466 g/mol. The molecule has 0 radical (unpaired) electrons. The molecule has 0 aromatic carbocycles. The number of hydrogen-bond acceptors (Lipinski definition) is 7. The van der Waals surface area contributed by atoms with Crippen LogP contribution < -0.4 is 0 Å². The van der Waals surface area contributed by atoms with E-state index in [9.17, 15) is 25.5 Å². The van der Waals surface area contributed by atoms with Crippen LogP contribution in [-0.2, 0) is 9.47 Å². The molecule has 0 amide bonds. The SMILES string of the molecule is C=C1C2CCC3C4(C)CC(OC5OC(CO)C(O)C(O)C5O)CC(C)(C)C4CCC3(C2)C1O. The number of aliphatic hydroxyl groups excluding tert-OH is 5. The molecule has 5 aliphatic rings. The van der Waals surface area contributed by atoms with Gasteiger partial charge in [0, 0.05) is 5.41 Å². The van der Waals surface area contributed by atoms with E-state index < -0.39 is 43.4 Å². The second kappa shape index (κ2) is 7.99. The summed E-state index contributed by atoms with van der Waals surface area (Å²) >= 11 is 0. The van der Waals surface area contributed by atoms with Crippen molar-refractivity contribution in [3.8, 4) is 0 Å². The van der Waals surface area contributed by atoms with Gasteiger partial charge in [-0.15, -0.1) is 0 Å². The molecule has 5 fully saturated rings. The lowest BCUT2D eigenvalue weighted by Gasteiger charge is -2.65. The van der Waals surface area contributed by atoms with Gasteiger partial charge in [0.1, 0.15) is 24.4 Å². The first-order valence-corrected chi connectivity index (χ1v) is 12.8. The molecular formula is C26H42O7. The van der Waals surface area contributed by atoms with Crippen LogP contribution in [0.3, 0.4) is 0 Å². The summed E-state index contributed by atoms with van der Waals surface area (Å²) in [7, 11) is 0. The maximum Gasteiger partial charge on any atom is 0.186 e. The maximum absolute atomic E-state index is 11.3. The molecule has 1 saturated heterocycles. The second-order valence-corrected chi connectivity index (χ2v) is 12.7. The number of fused-ring (bicyclic) bond motifs is 3. The highest BCUT2D eigenvalue weighted by Gasteiger charge is 2.67. The lowest BCUT2D eigenvalue weighted by molar-refractivity contribution is -0.322. The summed E-state index contributed by atoms with van der Waals surface area (Å²) in [4.78, 5) is 0. The normalized spacial score (nSPS) is 55.7. The van der Waals surface area contributed by atoms with Crippen LogP contribution in [0.4, 0.5) is 0 Å². The van der Waals surface area contributed by atoms with Crippen molar-refractivity contribution in [1.82, 2.24) is 0 Å². The van der Waals surface area contributed by atoms with Gasteiger partial charge in [-0.25, -0.2) is 0 Å². The third kappa shape index (κ3) is 3.41. The molecular weight excluding hydrogens is 424 g/mol. The molecule has 1 heterocycles. The number of hydrogen-bond donors (Lipinski definition) is 5. The van der Waals surface area contributed by atoms with Crippen LogP contribution in [0, 0.1) is 34.0 Å². The third-order valence-corrected chi connectivity index (χ3v) is 10.6. The molecule has 4 saturated carbocycles. The van der Waals surface area contributed by atoms with E-state index in [4.69, 9.17) is 9.47 Å². The van der Waals surface area contributed by atoms with Gasteiger partial charge in [-0.2, -0.15) is 0 Å². The van der Waals surface area contributed by atoms with Crippen LogP contribution >= 0.6 is 0 Å². The van der Waals surface area contributed by atoms with Gasteiger partial charge >= 0.3 is 0 Å².